The van der Waals surface area contributed by atoms with Gasteiger partial charge in [-0.3, -0.25) is 14.5 Å². The SMILES string of the molecule is CCCCCCCCCCCCCC=CC(=O)N1CCCCCC1=O. The maximum Gasteiger partial charge on any atom is 0.252 e. The molecule has 1 heterocycles. The third-order valence-corrected chi connectivity index (χ3v) is 5.07. The van der Waals surface area contributed by atoms with Gasteiger partial charge in [-0.25, -0.2) is 0 Å². The molecule has 0 saturated carbocycles. The number of nitrogens with zero attached hydrogens (tertiary/aromatic N) is 1. The van der Waals surface area contributed by atoms with Crippen molar-refractivity contribution >= 4 is 11.8 Å². The molecular weight excluding hydrogens is 310 g/mol. The monoisotopic (exact) mass is 349 g/mol. The summed E-state index contributed by atoms with van der Waals surface area (Å²) in [6.07, 6.45) is 22.7. The van der Waals surface area contributed by atoms with E-state index in [4.69, 9.17) is 0 Å². The first-order chi connectivity index (χ1) is 12.3. The number of allylic oxidation sites excluding steroid dienone is 1. The Morgan fingerprint density at radius 1 is 0.880 bits per heavy atom. The van der Waals surface area contributed by atoms with Crippen molar-refractivity contribution < 1.29 is 9.59 Å². The van der Waals surface area contributed by atoms with Crippen molar-refractivity contribution in [2.24, 2.45) is 0 Å². The summed E-state index contributed by atoms with van der Waals surface area (Å²) in [7, 11) is 0. The smallest absolute Gasteiger partial charge is 0.252 e. The molecule has 0 aliphatic carbocycles. The van der Waals surface area contributed by atoms with Crippen molar-refractivity contribution in [1.29, 1.82) is 0 Å². The Kier molecular flexibility index (Phi) is 13.3. The third-order valence-electron chi connectivity index (χ3n) is 5.07. The Morgan fingerprint density at radius 2 is 1.48 bits per heavy atom. The zero-order chi connectivity index (χ0) is 18.2. The van der Waals surface area contributed by atoms with Gasteiger partial charge in [-0.15, -0.1) is 0 Å². The molecule has 1 fully saturated rings. The summed E-state index contributed by atoms with van der Waals surface area (Å²) in [5.74, 6) is -0.114. The van der Waals surface area contributed by atoms with Crippen LogP contribution in [-0.4, -0.2) is 23.3 Å². The van der Waals surface area contributed by atoms with Gasteiger partial charge < -0.3 is 0 Å². The van der Waals surface area contributed by atoms with Crippen molar-refractivity contribution in [3.63, 3.8) is 0 Å². The van der Waals surface area contributed by atoms with Crippen LogP contribution in [-0.2, 0) is 9.59 Å². The number of hydrogen-bond donors (Lipinski definition) is 0. The second-order valence-electron chi connectivity index (χ2n) is 7.42. The zero-order valence-corrected chi connectivity index (χ0v) is 16.4. The largest absolute Gasteiger partial charge is 0.279 e. The van der Waals surface area contributed by atoms with E-state index in [1.807, 2.05) is 6.08 Å². The van der Waals surface area contributed by atoms with Crippen LogP contribution < -0.4 is 0 Å². The number of unbranched alkanes of at least 4 members (excludes halogenated alkanes) is 11. The van der Waals surface area contributed by atoms with Crippen molar-refractivity contribution in [3.8, 4) is 0 Å². The van der Waals surface area contributed by atoms with Crippen LogP contribution in [0.3, 0.4) is 0 Å². The minimum absolute atomic E-state index is 0.00171. The number of likely N-dealkylation sites (tertiary alicyclic amines) is 1. The molecule has 2 amide bonds. The highest BCUT2D eigenvalue weighted by Gasteiger charge is 2.20. The first kappa shape index (κ1) is 21.9. The number of rotatable bonds is 13. The van der Waals surface area contributed by atoms with Gasteiger partial charge >= 0.3 is 0 Å². The van der Waals surface area contributed by atoms with Gasteiger partial charge in [0.1, 0.15) is 0 Å². The molecule has 1 aliphatic rings. The van der Waals surface area contributed by atoms with E-state index in [0.717, 1.165) is 32.1 Å². The molecule has 25 heavy (non-hydrogen) atoms. The van der Waals surface area contributed by atoms with Crippen molar-refractivity contribution in [2.45, 2.75) is 110 Å². The predicted molar refractivity (Wildman–Crippen MR) is 105 cm³/mol. The molecular formula is C22H39NO2. The van der Waals surface area contributed by atoms with E-state index in [9.17, 15) is 9.59 Å². The molecule has 0 unspecified atom stereocenters. The zero-order valence-electron chi connectivity index (χ0n) is 16.4. The summed E-state index contributed by atoms with van der Waals surface area (Å²) in [6.45, 7) is 2.86. The van der Waals surface area contributed by atoms with Crippen LogP contribution in [0.1, 0.15) is 110 Å². The molecule has 0 atom stereocenters. The number of amides is 2. The molecule has 0 bridgehead atoms. The summed E-state index contributed by atoms with van der Waals surface area (Å²) in [5.41, 5.74) is 0. The van der Waals surface area contributed by atoms with Crippen molar-refractivity contribution in [3.05, 3.63) is 12.2 Å². The highest BCUT2D eigenvalue weighted by atomic mass is 16.2. The molecule has 1 rings (SSSR count). The molecule has 3 nitrogen and oxygen atoms in total. The van der Waals surface area contributed by atoms with E-state index in [0.29, 0.717) is 13.0 Å². The average Bonchev–Trinajstić information content (AvgIpc) is 2.83. The van der Waals surface area contributed by atoms with Crippen LogP contribution in [0.5, 0.6) is 0 Å². The Morgan fingerprint density at radius 3 is 2.12 bits per heavy atom. The Labute approximate surface area is 155 Å². The molecule has 0 radical (unpaired) electrons. The molecule has 0 aromatic rings. The topological polar surface area (TPSA) is 37.4 Å². The number of imide groups is 1. The van der Waals surface area contributed by atoms with Crippen molar-refractivity contribution in [2.75, 3.05) is 6.54 Å². The lowest BCUT2D eigenvalue weighted by Crippen LogP contribution is -2.35. The third kappa shape index (κ3) is 11.2. The minimum Gasteiger partial charge on any atom is -0.279 e. The van der Waals surface area contributed by atoms with Crippen LogP contribution in [0, 0.1) is 0 Å². The molecule has 0 N–H and O–H groups in total. The fraction of sp³-hybridized carbons (Fsp3) is 0.818. The number of carbonyl (C=O) groups is 2. The predicted octanol–water partition coefficient (Wildman–Crippen LogP) is 6.17. The van der Waals surface area contributed by atoms with Gasteiger partial charge in [0.15, 0.2) is 0 Å². The standard InChI is InChI=1S/C22H39NO2/c1-2-3-4-5-6-7-8-9-10-11-12-13-15-18-21(24)23-20-17-14-16-19-22(23)25/h15,18H,2-14,16-17,19-20H2,1H3. The van der Waals surface area contributed by atoms with Gasteiger partial charge in [-0.05, 0) is 31.8 Å². The summed E-state index contributed by atoms with van der Waals surface area (Å²) in [5, 5.41) is 0. The quantitative estimate of drug-likeness (QED) is 0.294. The van der Waals surface area contributed by atoms with E-state index in [2.05, 4.69) is 6.92 Å². The van der Waals surface area contributed by atoms with Crippen LogP contribution in [0.15, 0.2) is 12.2 Å². The normalized spacial score (nSPS) is 15.7. The molecule has 0 spiro atoms. The molecule has 3 heteroatoms. The Balaban J connectivity index is 1.95. The fourth-order valence-corrected chi connectivity index (χ4v) is 3.42. The van der Waals surface area contributed by atoms with Crippen LogP contribution >= 0.6 is 0 Å². The number of carbonyl (C=O) groups excluding carboxylic acids is 2. The van der Waals surface area contributed by atoms with Gasteiger partial charge in [0.25, 0.3) is 5.91 Å². The molecule has 0 aromatic heterocycles. The Bertz CT molecular complexity index is 389. The van der Waals surface area contributed by atoms with Crippen LogP contribution in [0.2, 0.25) is 0 Å². The summed E-state index contributed by atoms with van der Waals surface area (Å²) in [4.78, 5) is 25.4. The average molecular weight is 350 g/mol. The first-order valence-corrected chi connectivity index (χ1v) is 10.8. The summed E-state index contributed by atoms with van der Waals surface area (Å²) >= 11 is 0. The maximum absolute atomic E-state index is 12.1. The van der Waals surface area contributed by atoms with Gasteiger partial charge in [0.05, 0.1) is 0 Å². The minimum atomic E-state index is -0.116. The summed E-state index contributed by atoms with van der Waals surface area (Å²) in [6, 6.07) is 0. The molecule has 1 aliphatic heterocycles. The van der Waals surface area contributed by atoms with E-state index < -0.39 is 0 Å². The van der Waals surface area contributed by atoms with E-state index in [1.165, 1.54) is 69.1 Å². The second-order valence-corrected chi connectivity index (χ2v) is 7.42. The van der Waals surface area contributed by atoms with E-state index >= 15 is 0 Å². The van der Waals surface area contributed by atoms with Crippen LogP contribution in [0.4, 0.5) is 0 Å². The van der Waals surface area contributed by atoms with Crippen LogP contribution in [0.25, 0.3) is 0 Å². The molecule has 1 saturated heterocycles. The maximum atomic E-state index is 12.1. The first-order valence-electron chi connectivity index (χ1n) is 10.8. The number of hydrogen-bond acceptors (Lipinski definition) is 2. The molecule has 0 aromatic carbocycles. The van der Waals surface area contributed by atoms with Crippen molar-refractivity contribution in [1.82, 2.24) is 4.90 Å². The van der Waals surface area contributed by atoms with Gasteiger partial charge in [-0.2, -0.15) is 0 Å². The highest BCUT2D eigenvalue weighted by Crippen LogP contribution is 2.13. The Hall–Kier alpha value is -1.12. The fourth-order valence-electron chi connectivity index (χ4n) is 3.42. The summed E-state index contributed by atoms with van der Waals surface area (Å²) < 4.78 is 0. The lowest BCUT2D eigenvalue weighted by atomic mass is 10.1. The lowest BCUT2D eigenvalue weighted by Gasteiger charge is -2.15. The lowest BCUT2D eigenvalue weighted by molar-refractivity contribution is -0.141. The van der Waals surface area contributed by atoms with E-state index in [1.54, 1.807) is 6.08 Å². The second kappa shape index (κ2) is 15.2. The van der Waals surface area contributed by atoms with Gasteiger partial charge in [0.2, 0.25) is 5.91 Å². The van der Waals surface area contributed by atoms with Gasteiger partial charge in [-0.1, -0.05) is 83.6 Å². The van der Waals surface area contributed by atoms with Gasteiger partial charge in [0, 0.05) is 13.0 Å². The highest BCUT2D eigenvalue weighted by molar-refractivity contribution is 6.00. The molecule has 144 valence electrons. The van der Waals surface area contributed by atoms with E-state index in [-0.39, 0.29) is 11.8 Å².